The van der Waals surface area contributed by atoms with Crippen LogP contribution in [0, 0.1) is 0 Å². The Labute approximate surface area is 149 Å². The number of aliphatic carboxylic acids is 1. The molecule has 1 aromatic carbocycles. The molecule has 3 aromatic rings. The van der Waals surface area contributed by atoms with E-state index in [0.29, 0.717) is 6.07 Å². The van der Waals surface area contributed by atoms with Gasteiger partial charge in [0.2, 0.25) is 0 Å². The minimum Gasteiger partial charge on any atom is -0.478 e. The lowest BCUT2D eigenvalue weighted by atomic mass is 10.1. The monoisotopic (exact) mass is 381 g/mol. The first-order chi connectivity index (χ1) is 12.8. The van der Waals surface area contributed by atoms with E-state index in [1.165, 1.54) is 24.7 Å². The van der Waals surface area contributed by atoms with Gasteiger partial charge in [0.15, 0.2) is 5.82 Å². The first-order valence-electron chi connectivity index (χ1n) is 7.44. The fourth-order valence-corrected chi connectivity index (χ4v) is 2.33. The molecule has 0 aliphatic heterocycles. The summed E-state index contributed by atoms with van der Waals surface area (Å²) in [6.45, 7) is -1.08. The van der Waals surface area contributed by atoms with Gasteiger partial charge in [0.1, 0.15) is 13.0 Å². The van der Waals surface area contributed by atoms with Crippen molar-refractivity contribution >= 4 is 17.7 Å². The molecule has 27 heavy (non-hydrogen) atoms. The number of carboxylic acid groups (broad SMARTS) is 1. The molecular formula is C17H11F4N3O3. The number of carboxylic acids is 1. The lowest BCUT2D eigenvalue weighted by molar-refractivity contribution is -0.137. The molecule has 0 radical (unpaired) electrons. The van der Waals surface area contributed by atoms with E-state index in [2.05, 4.69) is 10.1 Å². The van der Waals surface area contributed by atoms with Crippen molar-refractivity contribution in [3.8, 4) is 11.4 Å². The molecule has 0 saturated carbocycles. The van der Waals surface area contributed by atoms with Gasteiger partial charge < -0.3 is 9.52 Å². The molecule has 140 valence electrons. The average molecular weight is 381 g/mol. The largest absolute Gasteiger partial charge is 0.478 e. The van der Waals surface area contributed by atoms with Gasteiger partial charge in [0.25, 0.3) is 0 Å². The Hall–Kier alpha value is -3.43. The molecular weight excluding hydrogens is 370 g/mol. The maximum Gasteiger partial charge on any atom is 0.416 e. The van der Waals surface area contributed by atoms with Crippen molar-refractivity contribution in [1.82, 2.24) is 14.8 Å². The Morgan fingerprint density at radius 2 is 2.07 bits per heavy atom. The van der Waals surface area contributed by atoms with Gasteiger partial charge in [-0.15, -0.1) is 5.10 Å². The van der Waals surface area contributed by atoms with Crippen LogP contribution in [0.1, 0.15) is 16.7 Å². The van der Waals surface area contributed by atoms with Crippen LogP contribution in [-0.4, -0.2) is 25.8 Å². The van der Waals surface area contributed by atoms with Crippen molar-refractivity contribution in [2.45, 2.75) is 12.9 Å². The number of hydrogen-bond acceptors (Lipinski definition) is 4. The van der Waals surface area contributed by atoms with Crippen LogP contribution in [0.2, 0.25) is 0 Å². The van der Waals surface area contributed by atoms with E-state index in [9.17, 15) is 27.5 Å². The van der Waals surface area contributed by atoms with Gasteiger partial charge in [-0.3, -0.25) is 0 Å². The van der Waals surface area contributed by atoms with E-state index in [1.807, 2.05) is 0 Å². The molecule has 0 aliphatic rings. The second kappa shape index (κ2) is 7.06. The second-order valence-corrected chi connectivity index (χ2v) is 5.46. The predicted octanol–water partition coefficient (Wildman–Crippen LogP) is 4.11. The second-order valence-electron chi connectivity index (χ2n) is 5.46. The van der Waals surface area contributed by atoms with Crippen molar-refractivity contribution in [2.24, 2.45) is 0 Å². The summed E-state index contributed by atoms with van der Waals surface area (Å²) >= 11 is 0. The van der Waals surface area contributed by atoms with Gasteiger partial charge in [-0.2, -0.15) is 13.2 Å². The molecule has 0 bridgehead atoms. The Kier molecular flexibility index (Phi) is 4.80. The summed E-state index contributed by atoms with van der Waals surface area (Å²) in [5.74, 6) is -1.36. The van der Waals surface area contributed by atoms with Gasteiger partial charge in [-0.25, -0.2) is 18.9 Å². The lowest BCUT2D eigenvalue weighted by Crippen LogP contribution is -2.06. The molecule has 1 N–H and O–H groups in total. The van der Waals surface area contributed by atoms with Gasteiger partial charge in [-0.05, 0) is 29.8 Å². The highest BCUT2D eigenvalue weighted by Crippen LogP contribution is 2.33. The van der Waals surface area contributed by atoms with E-state index in [1.54, 1.807) is 0 Å². The number of hydrogen-bond donors (Lipinski definition) is 1. The molecule has 6 nitrogen and oxygen atoms in total. The standard InChI is InChI=1S/C17H11F4N3O3/c18-6-10-3-12(5-13(4-10)17(19,20)21)15-22-9-24(23-15)7-14(16(25)26)11-1-2-27-8-11/h1-5,7-9H,6H2,(H,25,26)/b14-7+. The van der Waals surface area contributed by atoms with E-state index >= 15 is 0 Å². The van der Waals surface area contributed by atoms with E-state index in [4.69, 9.17) is 4.42 Å². The first-order valence-corrected chi connectivity index (χ1v) is 7.44. The molecule has 0 spiro atoms. The van der Waals surface area contributed by atoms with Crippen molar-refractivity contribution in [2.75, 3.05) is 0 Å². The summed E-state index contributed by atoms with van der Waals surface area (Å²) in [5, 5.41) is 13.2. The number of alkyl halides is 4. The molecule has 0 atom stereocenters. The summed E-state index contributed by atoms with van der Waals surface area (Å²) in [6.07, 6.45) is 0.124. The van der Waals surface area contributed by atoms with Gasteiger partial charge >= 0.3 is 12.1 Å². The maximum atomic E-state index is 13.0. The average Bonchev–Trinajstić information content (AvgIpc) is 3.30. The lowest BCUT2D eigenvalue weighted by Gasteiger charge is -2.09. The highest BCUT2D eigenvalue weighted by Gasteiger charge is 2.31. The van der Waals surface area contributed by atoms with Crippen LogP contribution >= 0.6 is 0 Å². The first kappa shape index (κ1) is 18.4. The van der Waals surface area contributed by atoms with E-state index in [0.717, 1.165) is 23.3 Å². The minimum atomic E-state index is -4.65. The Morgan fingerprint density at radius 3 is 2.67 bits per heavy atom. The molecule has 2 heterocycles. The quantitative estimate of drug-likeness (QED) is 0.531. The summed E-state index contributed by atoms with van der Waals surface area (Å²) < 4.78 is 57.7. The number of carbonyl (C=O) groups is 1. The fourth-order valence-electron chi connectivity index (χ4n) is 2.33. The van der Waals surface area contributed by atoms with Crippen LogP contribution in [-0.2, 0) is 17.6 Å². The molecule has 0 amide bonds. The van der Waals surface area contributed by atoms with Crippen molar-refractivity contribution < 1.29 is 31.9 Å². The topological polar surface area (TPSA) is 81.1 Å². The Balaban J connectivity index is 2.01. The highest BCUT2D eigenvalue weighted by atomic mass is 19.4. The van der Waals surface area contributed by atoms with Crippen LogP contribution in [0.15, 0.2) is 47.5 Å². The maximum absolute atomic E-state index is 13.0. The molecule has 3 rings (SSSR count). The number of rotatable bonds is 5. The highest BCUT2D eigenvalue weighted by molar-refractivity contribution is 6.19. The third-order valence-electron chi connectivity index (χ3n) is 3.57. The Bertz CT molecular complexity index is 991. The molecule has 10 heteroatoms. The molecule has 0 saturated heterocycles. The van der Waals surface area contributed by atoms with Crippen molar-refractivity contribution in [3.63, 3.8) is 0 Å². The van der Waals surface area contributed by atoms with Gasteiger partial charge in [-0.1, -0.05) is 0 Å². The van der Waals surface area contributed by atoms with Gasteiger partial charge in [0, 0.05) is 17.3 Å². The van der Waals surface area contributed by atoms with E-state index < -0.39 is 24.4 Å². The fraction of sp³-hybridized carbons (Fsp3) is 0.118. The van der Waals surface area contributed by atoms with E-state index in [-0.39, 0.29) is 28.1 Å². The molecule has 0 fully saturated rings. The smallest absolute Gasteiger partial charge is 0.416 e. The molecule has 2 aromatic heterocycles. The summed E-state index contributed by atoms with van der Waals surface area (Å²) in [7, 11) is 0. The molecule has 0 unspecified atom stereocenters. The van der Waals surface area contributed by atoms with Crippen LogP contribution in [0.5, 0.6) is 0 Å². The number of nitrogens with zero attached hydrogens (tertiary/aromatic N) is 3. The third-order valence-corrected chi connectivity index (χ3v) is 3.57. The SMILES string of the molecule is O=C(O)/C(=C/n1cnc(-c2cc(CF)cc(C(F)(F)F)c2)n1)c1ccoc1. The number of halogens is 4. The van der Waals surface area contributed by atoms with Gasteiger partial charge in [0.05, 0.1) is 23.7 Å². The van der Waals surface area contributed by atoms with Crippen LogP contribution in [0.25, 0.3) is 23.2 Å². The summed E-state index contributed by atoms with van der Waals surface area (Å²) in [6, 6.07) is 4.14. The third kappa shape index (κ3) is 4.05. The number of furan rings is 1. The summed E-state index contributed by atoms with van der Waals surface area (Å²) in [4.78, 5) is 15.3. The zero-order chi connectivity index (χ0) is 19.6. The van der Waals surface area contributed by atoms with Crippen LogP contribution in [0.4, 0.5) is 17.6 Å². The summed E-state index contributed by atoms with van der Waals surface area (Å²) in [5.41, 5.74) is -1.11. The number of aromatic nitrogens is 3. The minimum absolute atomic E-state index is 0.0372. The molecule has 0 aliphatic carbocycles. The van der Waals surface area contributed by atoms with Crippen LogP contribution < -0.4 is 0 Å². The number of benzene rings is 1. The van der Waals surface area contributed by atoms with Crippen molar-refractivity contribution in [1.29, 1.82) is 0 Å². The normalized spacial score (nSPS) is 12.4. The zero-order valence-corrected chi connectivity index (χ0v) is 13.4. The Morgan fingerprint density at radius 1 is 1.30 bits per heavy atom. The van der Waals surface area contributed by atoms with Crippen LogP contribution in [0.3, 0.4) is 0 Å². The zero-order valence-electron chi connectivity index (χ0n) is 13.4. The van der Waals surface area contributed by atoms with Crippen molar-refractivity contribution in [3.05, 3.63) is 59.8 Å². The predicted molar refractivity (Wildman–Crippen MR) is 85.8 cm³/mol.